The molecule has 1 aliphatic rings. The minimum atomic E-state index is -4.09. The van der Waals surface area contributed by atoms with Gasteiger partial charge in [0.15, 0.2) is 17.9 Å². The molecular formula is C17H17FN2O4S. The van der Waals surface area contributed by atoms with Gasteiger partial charge < -0.3 is 10.0 Å². The van der Waals surface area contributed by atoms with Crippen molar-refractivity contribution in [1.29, 1.82) is 0 Å². The fourth-order valence-electron chi connectivity index (χ4n) is 2.77. The average Bonchev–Trinajstić information content (AvgIpc) is 3.12. The first kappa shape index (κ1) is 17.2. The Balaban J connectivity index is 1.84. The predicted molar refractivity (Wildman–Crippen MR) is 92.1 cm³/mol. The summed E-state index contributed by atoms with van der Waals surface area (Å²) in [6.07, 6.45) is 2.47. The summed E-state index contributed by atoms with van der Waals surface area (Å²) in [7, 11) is -4.09. The molecule has 1 heterocycles. The first-order chi connectivity index (χ1) is 11.9. The molecule has 0 bridgehead atoms. The van der Waals surface area contributed by atoms with Gasteiger partial charge in [-0.05, 0) is 49.2 Å². The lowest BCUT2D eigenvalue weighted by Crippen LogP contribution is -2.17. The second-order valence-electron chi connectivity index (χ2n) is 5.81. The summed E-state index contributed by atoms with van der Waals surface area (Å²) >= 11 is 0. The van der Waals surface area contributed by atoms with Gasteiger partial charge in [-0.2, -0.15) is 0 Å². The van der Waals surface area contributed by atoms with Crippen molar-refractivity contribution in [1.82, 2.24) is 0 Å². The number of halogens is 1. The zero-order chi connectivity index (χ0) is 18.0. The van der Waals surface area contributed by atoms with Crippen LogP contribution >= 0.6 is 0 Å². The van der Waals surface area contributed by atoms with E-state index in [1.165, 1.54) is 0 Å². The lowest BCUT2D eigenvalue weighted by Gasteiger charge is -2.18. The summed E-state index contributed by atoms with van der Waals surface area (Å²) in [5, 5.41) is 9.39. The number of hydrogen-bond donors (Lipinski definition) is 2. The number of nitrogens with zero attached hydrogens (tertiary/aromatic N) is 1. The summed E-state index contributed by atoms with van der Waals surface area (Å²) < 4.78 is 40.7. The number of aldehydes is 1. The summed E-state index contributed by atoms with van der Waals surface area (Å²) in [6.45, 7) is 1.96. The highest BCUT2D eigenvalue weighted by Gasteiger charge is 2.20. The molecule has 0 atom stereocenters. The molecule has 0 saturated carbocycles. The molecule has 0 amide bonds. The highest BCUT2D eigenvalue weighted by atomic mass is 32.2. The zero-order valence-electron chi connectivity index (χ0n) is 13.3. The molecule has 132 valence electrons. The topological polar surface area (TPSA) is 86.7 Å². The van der Waals surface area contributed by atoms with E-state index in [4.69, 9.17) is 0 Å². The van der Waals surface area contributed by atoms with Gasteiger partial charge in [0.25, 0.3) is 10.0 Å². The Morgan fingerprint density at radius 2 is 1.76 bits per heavy atom. The lowest BCUT2D eigenvalue weighted by molar-refractivity contribution is 0.112. The molecule has 1 saturated heterocycles. The smallest absolute Gasteiger partial charge is 0.262 e. The van der Waals surface area contributed by atoms with Crippen molar-refractivity contribution < 1.29 is 22.7 Å². The number of rotatable bonds is 5. The standard InChI is InChI=1S/C17H17FN2O4S/c18-16-10-15(9-12(11-21)17(16)22)25(23,24)19-13-3-5-14(6-4-13)20-7-1-2-8-20/h3-6,9-11,19,22H,1-2,7-8H2. The average molecular weight is 364 g/mol. The van der Waals surface area contributed by atoms with E-state index >= 15 is 0 Å². The number of carbonyl (C=O) groups is 1. The van der Waals surface area contributed by atoms with Crippen molar-refractivity contribution >= 4 is 27.7 Å². The highest BCUT2D eigenvalue weighted by molar-refractivity contribution is 7.92. The Morgan fingerprint density at radius 1 is 1.12 bits per heavy atom. The summed E-state index contributed by atoms with van der Waals surface area (Å²) in [4.78, 5) is 12.6. The number of benzene rings is 2. The zero-order valence-corrected chi connectivity index (χ0v) is 14.1. The maximum Gasteiger partial charge on any atom is 0.262 e. The summed E-state index contributed by atoms with van der Waals surface area (Å²) in [5.74, 6) is -2.04. The van der Waals surface area contributed by atoms with Gasteiger partial charge in [0.05, 0.1) is 10.5 Å². The van der Waals surface area contributed by atoms with Crippen LogP contribution in [0.5, 0.6) is 5.75 Å². The van der Waals surface area contributed by atoms with Crippen molar-refractivity contribution in [3.63, 3.8) is 0 Å². The Bertz CT molecular complexity index is 892. The molecule has 2 N–H and O–H groups in total. The van der Waals surface area contributed by atoms with Crippen LogP contribution in [0.2, 0.25) is 0 Å². The summed E-state index contributed by atoms with van der Waals surface area (Å²) in [5.41, 5.74) is 0.910. The molecule has 0 radical (unpaired) electrons. The first-order valence-corrected chi connectivity index (χ1v) is 9.24. The number of carbonyl (C=O) groups excluding carboxylic acids is 1. The van der Waals surface area contributed by atoms with Crippen LogP contribution < -0.4 is 9.62 Å². The Hall–Kier alpha value is -2.61. The van der Waals surface area contributed by atoms with E-state index < -0.39 is 32.0 Å². The molecular weight excluding hydrogens is 347 g/mol. The van der Waals surface area contributed by atoms with Crippen LogP contribution in [-0.2, 0) is 10.0 Å². The minimum absolute atomic E-state index is 0.197. The second kappa shape index (κ2) is 6.72. The number of phenolic OH excluding ortho intramolecular Hbond substituents is 1. The molecule has 2 aromatic carbocycles. The number of nitrogens with one attached hydrogen (secondary N) is 1. The Morgan fingerprint density at radius 3 is 2.36 bits per heavy atom. The van der Waals surface area contributed by atoms with Crippen molar-refractivity contribution in [3.05, 3.63) is 47.8 Å². The van der Waals surface area contributed by atoms with Crippen LogP contribution in [-0.4, -0.2) is 32.9 Å². The van der Waals surface area contributed by atoms with Crippen LogP contribution in [0.4, 0.5) is 15.8 Å². The molecule has 1 aliphatic heterocycles. The van der Waals surface area contributed by atoms with Gasteiger partial charge in [0.2, 0.25) is 0 Å². The number of phenols is 1. The molecule has 8 heteroatoms. The quantitative estimate of drug-likeness (QED) is 0.797. The lowest BCUT2D eigenvalue weighted by atomic mass is 10.2. The predicted octanol–water partition coefficient (Wildman–Crippen LogP) is 2.74. The van der Waals surface area contributed by atoms with Gasteiger partial charge >= 0.3 is 0 Å². The van der Waals surface area contributed by atoms with Gasteiger partial charge in [0, 0.05) is 24.5 Å². The van der Waals surface area contributed by atoms with Gasteiger partial charge in [-0.1, -0.05) is 0 Å². The van der Waals surface area contributed by atoms with Gasteiger partial charge in [-0.15, -0.1) is 0 Å². The second-order valence-corrected chi connectivity index (χ2v) is 7.49. The maximum absolute atomic E-state index is 13.6. The van der Waals surface area contributed by atoms with E-state index in [1.807, 2.05) is 12.1 Å². The van der Waals surface area contributed by atoms with Crippen LogP contribution in [0, 0.1) is 5.82 Å². The number of aromatic hydroxyl groups is 1. The highest BCUT2D eigenvalue weighted by Crippen LogP contribution is 2.27. The Kier molecular flexibility index (Phi) is 4.63. The fourth-order valence-corrected chi connectivity index (χ4v) is 3.87. The number of sulfonamides is 1. The van der Waals surface area contributed by atoms with Crippen LogP contribution in [0.1, 0.15) is 23.2 Å². The third-order valence-electron chi connectivity index (χ3n) is 4.09. The molecule has 25 heavy (non-hydrogen) atoms. The largest absolute Gasteiger partial charge is 0.504 e. The van der Waals surface area contributed by atoms with Crippen molar-refractivity contribution in [2.75, 3.05) is 22.7 Å². The number of anilines is 2. The van der Waals surface area contributed by atoms with E-state index in [-0.39, 0.29) is 6.29 Å². The van der Waals surface area contributed by atoms with Crippen molar-refractivity contribution in [2.24, 2.45) is 0 Å². The van der Waals surface area contributed by atoms with Crippen LogP contribution in [0.25, 0.3) is 0 Å². The van der Waals surface area contributed by atoms with Crippen molar-refractivity contribution in [3.8, 4) is 5.75 Å². The van der Waals surface area contributed by atoms with E-state index in [0.717, 1.165) is 37.7 Å². The Labute approximate surface area is 144 Å². The SMILES string of the molecule is O=Cc1cc(S(=O)(=O)Nc2ccc(N3CCCC3)cc2)cc(F)c1O. The number of hydrogen-bond acceptors (Lipinski definition) is 5. The summed E-state index contributed by atoms with van der Waals surface area (Å²) in [6, 6.07) is 8.48. The maximum atomic E-state index is 13.6. The molecule has 0 spiro atoms. The molecule has 2 aromatic rings. The third kappa shape index (κ3) is 3.58. The monoisotopic (exact) mass is 364 g/mol. The van der Waals surface area contributed by atoms with Gasteiger partial charge in [-0.25, -0.2) is 12.8 Å². The minimum Gasteiger partial charge on any atom is -0.504 e. The molecule has 1 fully saturated rings. The fraction of sp³-hybridized carbons (Fsp3) is 0.235. The van der Waals surface area contributed by atoms with E-state index in [2.05, 4.69) is 9.62 Å². The van der Waals surface area contributed by atoms with Crippen molar-refractivity contribution in [2.45, 2.75) is 17.7 Å². The van der Waals surface area contributed by atoms with E-state index in [9.17, 15) is 22.7 Å². The van der Waals surface area contributed by atoms with Crippen LogP contribution in [0.3, 0.4) is 0 Å². The van der Waals surface area contributed by atoms with Crippen LogP contribution in [0.15, 0.2) is 41.3 Å². The first-order valence-electron chi connectivity index (χ1n) is 7.76. The normalized spacial score (nSPS) is 14.5. The molecule has 0 unspecified atom stereocenters. The molecule has 0 aromatic heterocycles. The van der Waals surface area contributed by atoms with E-state index in [1.54, 1.807) is 12.1 Å². The van der Waals surface area contributed by atoms with E-state index in [0.29, 0.717) is 11.8 Å². The molecule has 0 aliphatic carbocycles. The molecule has 3 rings (SSSR count). The third-order valence-corrected chi connectivity index (χ3v) is 5.46. The van der Waals surface area contributed by atoms with Gasteiger partial charge in [0.1, 0.15) is 0 Å². The molecule has 6 nitrogen and oxygen atoms in total. The van der Waals surface area contributed by atoms with Gasteiger partial charge in [-0.3, -0.25) is 9.52 Å².